The first-order valence-corrected chi connectivity index (χ1v) is 9.93. The Morgan fingerprint density at radius 3 is 2.38 bits per heavy atom. The molecule has 0 aliphatic carbocycles. The fourth-order valence-electron chi connectivity index (χ4n) is 3.27. The topological polar surface area (TPSA) is 99.7 Å². The van der Waals surface area contributed by atoms with Gasteiger partial charge in [-0.05, 0) is 67.4 Å². The van der Waals surface area contributed by atoms with Gasteiger partial charge in [0.1, 0.15) is 11.1 Å². The monoisotopic (exact) mass is 449 g/mol. The number of aryl methyl sites for hydroxylation is 2. The summed E-state index contributed by atoms with van der Waals surface area (Å²) >= 11 is 5.97. The summed E-state index contributed by atoms with van der Waals surface area (Å²) in [6.45, 7) is 3.74. The lowest BCUT2D eigenvalue weighted by atomic mass is 10.0. The highest BCUT2D eigenvalue weighted by Gasteiger charge is 2.26. The van der Waals surface area contributed by atoms with Gasteiger partial charge in [-0.15, -0.1) is 0 Å². The second-order valence-electron chi connectivity index (χ2n) is 7.19. The highest BCUT2D eigenvalue weighted by Crippen LogP contribution is 2.33. The van der Waals surface area contributed by atoms with Gasteiger partial charge in [0.05, 0.1) is 10.3 Å². The largest absolute Gasteiger partial charge is 0.452 e. The Balaban J connectivity index is 1.94. The van der Waals surface area contributed by atoms with Crippen LogP contribution in [-0.4, -0.2) is 10.9 Å². The molecule has 0 fully saturated rings. The molecule has 32 heavy (non-hydrogen) atoms. The number of carbonyl (C=O) groups excluding carboxylic acids is 1. The lowest BCUT2D eigenvalue weighted by molar-refractivity contribution is -0.385. The van der Waals surface area contributed by atoms with Crippen molar-refractivity contribution in [2.24, 2.45) is 0 Å². The van der Waals surface area contributed by atoms with E-state index in [9.17, 15) is 19.7 Å². The number of ether oxygens (including phenoxy) is 1. The molecule has 0 aliphatic rings. The van der Waals surface area contributed by atoms with Crippen molar-refractivity contribution in [2.75, 3.05) is 0 Å². The fourth-order valence-corrected chi connectivity index (χ4v) is 3.40. The average Bonchev–Trinajstić information content (AvgIpc) is 2.77. The van der Waals surface area contributed by atoms with E-state index in [1.165, 1.54) is 24.3 Å². The van der Waals surface area contributed by atoms with E-state index in [1.807, 2.05) is 13.8 Å². The van der Waals surface area contributed by atoms with Crippen LogP contribution in [0.2, 0.25) is 5.02 Å². The second kappa shape index (κ2) is 8.28. The van der Waals surface area contributed by atoms with E-state index in [0.29, 0.717) is 16.2 Å². The maximum atomic E-state index is 13.3. The average molecular weight is 450 g/mol. The van der Waals surface area contributed by atoms with E-state index in [1.54, 1.807) is 36.4 Å². The van der Waals surface area contributed by atoms with Crippen molar-refractivity contribution in [3.8, 4) is 17.1 Å². The number of para-hydroxylation sites is 1. The molecular formula is C24H16ClNO6. The molecule has 1 aromatic heterocycles. The first-order chi connectivity index (χ1) is 15.3. The van der Waals surface area contributed by atoms with Crippen molar-refractivity contribution < 1.29 is 18.9 Å². The van der Waals surface area contributed by atoms with Gasteiger partial charge in [0.2, 0.25) is 11.2 Å². The van der Waals surface area contributed by atoms with Crippen LogP contribution in [0.1, 0.15) is 21.5 Å². The number of hydrogen-bond acceptors (Lipinski definition) is 6. The Labute approximate surface area is 187 Å². The van der Waals surface area contributed by atoms with Gasteiger partial charge in [0.15, 0.2) is 5.76 Å². The Hall–Kier alpha value is -3.97. The molecule has 0 radical (unpaired) electrons. The molecule has 4 rings (SSSR count). The summed E-state index contributed by atoms with van der Waals surface area (Å²) in [5.74, 6) is -1.37. The molecule has 0 spiro atoms. The van der Waals surface area contributed by atoms with Crippen molar-refractivity contribution in [2.45, 2.75) is 13.8 Å². The molecule has 0 aliphatic heterocycles. The summed E-state index contributed by atoms with van der Waals surface area (Å²) in [6.07, 6.45) is 0. The van der Waals surface area contributed by atoms with Crippen LogP contribution in [0.4, 0.5) is 5.69 Å². The normalized spacial score (nSPS) is 10.8. The zero-order valence-corrected chi connectivity index (χ0v) is 17.8. The molecule has 0 N–H and O–H groups in total. The zero-order chi connectivity index (χ0) is 23.0. The number of fused-ring (bicyclic) bond motifs is 1. The zero-order valence-electron chi connectivity index (χ0n) is 17.0. The molecule has 0 bridgehead atoms. The molecule has 0 unspecified atom stereocenters. The van der Waals surface area contributed by atoms with Crippen molar-refractivity contribution in [1.29, 1.82) is 0 Å². The summed E-state index contributed by atoms with van der Waals surface area (Å²) in [5.41, 5.74) is 1.30. The molecule has 0 amide bonds. The number of benzene rings is 3. The lowest BCUT2D eigenvalue weighted by Gasteiger charge is -2.12. The van der Waals surface area contributed by atoms with Crippen LogP contribution in [0.5, 0.6) is 5.75 Å². The Kier molecular flexibility index (Phi) is 5.50. The predicted molar refractivity (Wildman–Crippen MR) is 120 cm³/mol. The highest BCUT2D eigenvalue weighted by atomic mass is 35.5. The Morgan fingerprint density at radius 2 is 1.69 bits per heavy atom. The van der Waals surface area contributed by atoms with Crippen LogP contribution < -0.4 is 10.2 Å². The number of halogens is 1. The molecule has 4 aromatic rings. The third kappa shape index (κ3) is 3.86. The van der Waals surface area contributed by atoms with Crippen LogP contribution in [0, 0.1) is 24.0 Å². The summed E-state index contributed by atoms with van der Waals surface area (Å²) < 4.78 is 11.4. The lowest BCUT2D eigenvalue weighted by Crippen LogP contribution is -2.17. The van der Waals surface area contributed by atoms with Crippen molar-refractivity contribution in [3.63, 3.8) is 0 Å². The fraction of sp³-hybridized carbons (Fsp3) is 0.0833. The molecular weight excluding hydrogens is 434 g/mol. The van der Waals surface area contributed by atoms with Crippen molar-refractivity contribution >= 4 is 34.2 Å². The maximum Gasteiger partial charge on any atom is 0.350 e. The molecule has 0 saturated carbocycles. The van der Waals surface area contributed by atoms with Crippen molar-refractivity contribution in [1.82, 2.24) is 0 Å². The third-order valence-corrected chi connectivity index (χ3v) is 5.34. The highest BCUT2D eigenvalue weighted by molar-refractivity contribution is 6.30. The second-order valence-corrected chi connectivity index (χ2v) is 7.63. The minimum Gasteiger partial charge on any atom is -0.452 e. The van der Waals surface area contributed by atoms with E-state index in [-0.39, 0.29) is 22.5 Å². The Bertz CT molecular complexity index is 1440. The van der Waals surface area contributed by atoms with E-state index in [2.05, 4.69) is 0 Å². The van der Waals surface area contributed by atoms with Gasteiger partial charge in [-0.3, -0.25) is 14.9 Å². The van der Waals surface area contributed by atoms with Gasteiger partial charge >= 0.3 is 5.97 Å². The van der Waals surface area contributed by atoms with E-state index in [0.717, 1.165) is 11.1 Å². The molecule has 1 heterocycles. The summed E-state index contributed by atoms with van der Waals surface area (Å²) in [6, 6.07) is 15.2. The molecule has 160 valence electrons. The maximum absolute atomic E-state index is 13.3. The third-order valence-electron chi connectivity index (χ3n) is 5.09. The van der Waals surface area contributed by atoms with Crippen LogP contribution in [-0.2, 0) is 0 Å². The molecule has 0 atom stereocenters. The summed E-state index contributed by atoms with van der Waals surface area (Å²) in [5, 5.41) is 12.0. The number of nitro benzene ring substituents is 1. The number of esters is 1. The standard InChI is InChI=1S/C24H16ClNO6/c1-13-11-18-20(12-14(13)2)31-22(15-7-9-16(25)10-8-15)23(21(18)27)32-24(28)17-5-3-4-6-19(17)26(29)30/h3-12H,1-2H3. The summed E-state index contributed by atoms with van der Waals surface area (Å²) in [7, 11) is 0. The number of nitro groups is 1. The van der Waals surface area contributed by atoms with Gasteiger partial charge in [0.25, 0.3) is 5.69 Å². The predicted octanol–water partition coefficient (Wildman–Crippen LogP) is 5.86. The minimum absolute atomic E-state index is 0.0225. The van der Waals surface area contributed by atoms with Crippen LogP contribution in [0.3, 0.4) is 0 Å². The van der Waals surface area contributed by atoms with Gasteiger partial charge in [-0.2, -0.15) is 0 Å². The van der Waals surface area contributed by atoms with Gasteiger partial charge < -0.3 is 9.15 Å². The van der Waals surface area contributed by atoms with E-state index < -0.39 is 22.0 Å². The number of nitrogens with zero attached hydrogens (tertiary/aromatic N) is 1. The molecule has 3 aromatic carbocycles. The number of hydrogen-bond donors (Lipinski definition) is 0. The van der Waals surface area contributed by atoms with E-state index in [4.69, 9.17) is 20.8 Å². The van der Waals surface area contributed by atoms with E-state index >= 15 is 0 Å². The van der Waals surface area contributed by atoms with Crippen LogP contribution >= 0.6 is 11.6 Å². The quantitative estimate of drug-likeness (QED) is 0.220. The Morgan fingerprint density at radius 1 is 1.03 bits per heavy atom. The van der Waals surface area contributed by atoms with Crippen LogP contribution in [0.15, 0.2) is 69.9 Å². The molecule has 0 saturated heterocycles. The number of rotatable bonds is 4. The van der Waals surface area contributed by atoms with Gasteiger partial charge in [-0.25, -0.2) is 4.79 Å². The first-order valence-electron chi connectivity index (χ1n) is 9.56. The van der Waals surface area contributed by atoms with Crippen LogP contribution in [0.25, 0.3) is 22.3 Å². The minimum atomic E-state index is -1.04. The smallest absolute Gasteiger partial charge is 0.350 e. The molecule has 8 heteroatoms. The number of carbonyl (C=O) groups is 1. The first kappa shape index (κ1) is 21.3. The molecule has 7 nitrogen and oxygen atoms in total. The summed E-state index contributed by atoms with van der Waals surface area (Å²) in [4.78, 5) is 36.8. The van der Waals surface area contributed by atoms with Crippen molar-refractivity contribution in [3.05, 3.63) is 103 Å². The SMILES string of the molecule is Cc1cc2oc(-c3ccc(Cl)cc3)c(OC(=O)c3ccccc3[N+](=O)[O-])c(=O)c2cc1C. The van der Waals surface area contributed by atoms with Gasteiger partial charge in [-0.1, -0.05) is 23.7 Å². The van der Waals surface area contributed by atoms with Gasteiger partial charge in [0, 0.05) is 16.7 Å².